The summed E-state index contributed by atoms with van der Waals surface area (Å²) in [5, 5.41) is 8.02. The summed E-state index contributed by atoms with van der Waals surface area (Å²) < 4.78 is 1.71. The molecule has 0 atom stereocenters. The highest BCUT2D eigenvalue weighted by Crippen LogP contribution is 2.23. The zero-order chi connectivity index (χ0) is 9.26. The van der Waals surface area contributed by atoms with E-state index in [1.807, 2.05) is 23.9 Å². The molecule has 2 rings (SSSR count). The molecule has 2 aromatic rings. The molecule has 0 N–H and O–H groups in total. The van der Waals surface area contributed by atoms with Gasteiger partial charge in [0.05, 0.1) is 17.5 Å². The number of rotatable bonds is 2. The molecule has 13 heavy (non-hydrogen) atoms. The summed E-state index contributed by atoms with van der Waals surface area (Å²) in [5.74, 6) is 0. The Morgan fingerprint density at radius 2 is 2.46 bits per heavy atom. The molecule has 0 saturated carbocycles. The molecule has 3 nitrogen and oxygen atoms in total. The van der Waals surface area contributed by atoms with Crippen LogP contribution in [0.5, 0.6) is 0 Å². The Kier molecular flexibility index (Phi) is 1.98. The molecule has 0 aliphatic carbocycles. The Bertz CT molecular complexity index is 417. The molecular weight excluding hydrogens is 184 g/mol. The third-order valence-electron chi connectivity index (χ3n) is 1.89. The Hall–Kier alpha value is -1.42. The van der Waals surface area contributed by atoms with E-state index in [1.165, 1.54) is 0 Å². The summed E-state index contributed by atoms with van der Waals surface area (Å²) in [5.41, 5.74) is 2.57. The maximum Gasteiger partial charge on any atom is 0.153 e. The van der Waals surface area contributed by atoms with Gasteiger partial charge in [0.15, 0.2) is 6.29 Å². The Labute approximate surface area is 79.6 Å². The van der Waals surface area contributed by atoms with Gasteiger partial charge >= 0.3 is 0 Å². The van der Waals surface area contributed by atoms with Crippen LogP contribution in [0.25, 0.3) is 11.3 Å². The van der Waals surface area contributed by atoms with Gasteiger partial charge in [0, 0.05) is 18.0 Å². The normalized spacial score (nSPS) is 10.2. The SMILES string of the molecule is Cn1ncc(C=O)c1-c1ccsc1. The van der Waals surface area contributed by atoms with Crippen molar-refractivity contribution < 1.29 is 4.79 Å². The average Bonchev–Trinajstić information content (AvgIpc) is 2.72. The monoisotopic (exact) mass is 192 g/mol. The highest BCUT2D eigenvalue weighted by Gasteiger charge is 2.09. The van der Waals surface area contributed by atoms with Crippen LogP contribution >= 0.6 is 11.3 Å². The van der Waals surface area contributed by atoms with Crippen LogP contribution < -0.4 is 0 Å². The Morgan fingerprint density at radius 3 is 3.08 bits per heavy atom. The summed E-state index contributed by atoms with van der Waals surface area (Å²) in [6, 6.07) is 1.98. The van der Waals surface area contributed by atoms with Gasteiger partial charge < -0.3 is 0 Å². The first-order chi connectivity index (χ1) is 6.33. The Balaban J connectivity index is 2.62. The van der Waals surface area contributed by atoms with Crippen LogP contribution in [-0.4, -0.2) is 16.1 Å². The first kappa shape index (κ1) is 8.19. The zero-order valence-corrected chi connectivity index (χ0v) is 7.91. The van der Waals surface area contributed by atoms with Crippen molar-refractivity contribution in [3.05, 3.63) is 28.6 Å². The highest BCUT2D eigenvalue weighted by molar-refractivity contribution is 7.08. The van der Waals surface area contributed by atoms with Gasteiger partial charge in [-0.2, -0.15) is 16.4 Å². The molecule has 0 unspecified atom stereocenters. The minimum Gasteiger partial charge on any atom is -0.298 e. The molecule has 4 heteroatoms. The second-order valence-corrected chi connectivity index (χ2v) is 3.48. The lowest BCUT2D eigenvalue weighted by atomic mass is 10.2. The standard InChI is InChI=1S/C9H8N2OS/c1-11-9(7-2-3-13-6-7)8(5-12)4-10-11/h2-6H,1H3. The quantitative estimate of drug-likeness (QED) is 0.682. The van der Waals surface area contributed by atoms with E-state index in [-0.39, 0.29) is 0 Å². The molecule has 0 aromatic carbocycles. The van der Waals surface area contributed by atoms with Crippen molar-refractivity contribution in [2.75, 3.05) is 0 Å². The molecule has 0 saturated heterocycles. The van der Waals surface area contributed by atoms with Crippen LogP contribution in [0.2, 0.25) is 0 Å². The van der Waals surface area contributed by atoms with E-state index in [4.69, 9.17) is 0 Å². The number of hydrogen-bond donors (Lipinski definition) is 0. The van der Waals surface area contributed by atoms with Gasteiger partial charge in [-0.1, -0.05) is 0 Å². The van der Waals surface area contributed by atoms with Crippen LogP contribution in [0.15, 0.2) is 23.0 Å². The van der Waals surface area contributed by atoms with Crippen LogP contribution in [0.1, 0.15) is 10.4 Å². The van der Waals surface area contributed by atoms with Gasteiger partial charge in [0.25, 0.3) is 0 Å². The van der Waals surface area contributed by atoms with Crippen molar-refractivity contribution in [3.8, 4) is 11.3 Å². The van der Waals surface area contributed by atoms with Gasteiger partial charge in [0.2, 0.25) is 0 Å². The second-order valence-electron chi connectivity index (χ2n) is 2.70. The van der Waals surface area contributed by atoms with Crippen molar-refractivity contribution in [2.45, 2.75) is 0 Å². The number of aldehydes is 1. The van der Waals surface area contributed by atoms with E-state index in [2.05, 4.69) is 5.10 Å². The summed E-state index contributed by atoms with van der Waals surface area (Å²) in [4.78, 5) is 10.7. The number of hydrogen-bond acceptors (Lipinski definition) is 3. The van der Waals surface area contributed by atoms with Crippen LogP contribution in [-0.2, 0) is 7.05 Å². The predicted molar refractivity (Wildman–Crippen MR) is 51.9 cm³/mol. The number of carbonyl (C=O) groups excluding carboxylic acids is 1. The number of carbonyl (C=O) groups is 1. The lowest BCUT2D eigenvalue weighted by molar-refractivity contribution is 0.112. The van der Waals surface area contributed by atoms with Crippen molar-refractivity contribution in [1.82, 2.24) is 9.78 Å². The molecule has 0 spiro atoms. The first-order valence-electron chi connectivity index (χ1n) is 3.82. The third kappa shape index (κ3) is 1.29. The zero-order valence-electron chi connectivity index (χ0n) is 7.10. The number of thiophene rings is 1. The molecular formula is C9H8N2OS. The van der Waals surface area contributed by atoms with Crippen molar-refractivity contribution >= 4 is 17.6 Å². The van der Waals surface area contributed by atoms with E-state index in [1.54, 1.807) is 22.2 Å². The van der Waals surface area contributed by atoms with Crippen LogP contribution in [0.4, 0.5) is 0 Å². The molecule has 0 aliphatic heterocycles. The van der Waals surface area contributed by atoms with E-state index in [0.717, 1.165) is 17.5 Å². The highest BCUT2D eigenvalue weighted by atomic mass is 32.1. The minimum atomic E-state index is 0.640. The average molecular weight is 192 g/mol. The van der Waals surface area contributed by atoms with E-state index in [0.29, 0.717) is 5.56 Å². The number of nitrogens with zero attached hydrogens (tertiary/aromatic N) is 2. The molecule has 0 amide bonds. The third-order valence-corrected chi connectivity index (χ3v) is 2.57. The summed E-state index contributed by atoms with van der Waals surface area (Å²) in [6.07, 6.45) is 2.42. The fourth-order valence-corrected chi connectivity index (χ4v) is 1.93. The maximum absolute atomic E-state index is 10.7. The maximum atomic E-state index is 10.7. The van der Waals surface area contributed by atoms with E-state index in [9.17, 15) is 4.79 Å². The molecule has 0 aliphatic rings. The van der Waals surface area contributed by atoms with Crippen LogP contribution in [0.3, 0.4) is 0 Å². The minimum absolute atomic E-state index is 0.640. The molecule has 2 aromatic heterocycles. The summed E-state index contributed by atoms with van der Waals surface area (Å²) >= 11 is 1.61. The van der Waals surface area contributed by atoms with Crippen molar-refractivity contribution in [1.29, 1.82) is 0 Å². The molecule has 2 heterocycles. The first-order valence-corrected chi connectivity index (χ1v) is 4.77. The van der Waals surface area contributed by atoms with E-state index < -0.39 is 0 Å². The lowest BCUT2D eigenvalue weighted by Crippen LogP contribution is -1.93. The fourth-order valence-electron chi connectivity index (χ4n) is 1.29. The predicted octanol–water partition coefficient (Wildman–Crippen LogP) is 1.96. The summed E-state index contributed by atoms with van der Waals surface area (Å²) in [7, 11) is 1.83. The molecule has 0 fully saturated rings. The van der Waals surface area contributed by atoms with Gasteiger partial charge in [-0.3, -0.25) is 9.48 Å². The van der Waals surface area contributed by atoms with E-state index >= 15 is 0 Å². The molecule has 0 bridgehead atoms. The largest absolute Gasteiger partial charge is 0.298 e. The summed E-state index contributed by atoms with van der Waals surface area (Å²) in [6.45, 7) is 0. The Morgan fingerprint density at radius 1 is 1.62 bits per heavy atom. The molecule has 66 valence electrons. The smallest absolute Gasteiger partial charge is 0.153 e. The number of aromatic nitrogens is 2. The van der Waals surface area contributed by atoms with Crippen LogP contribution in [0, 0.1) is 0 Å². The van der Waals surface area contributed by atoms with Crippen molar-refractivity contribution in [2.24, 2.45) is 7.05 Å². The van der Waals surface area contributed by atoms with Crippen molar-refractivity contribution in [3.63, 3.8) is 0 Å². The lowest BCUT2D eigenvalue weighted by Gasteiger charge is -1.98. The van der Waals surface area contributed by atoms with Gasteiger partial charge in [-0.25, -0.2) is 0 Å². The molecule has 0 radical (unpaired) electrons. The van der Waals surface area contributed by atoms with Gasteiger partial charge in [-0.15, -0.1) is 0 Å². The topological polar surface area (TPSA) is 34.9 Å². The van der Waals surface area contributed by atoms with Gasteiger partial charge in [0.1, 0.15) is 0 Å². The van der Waals surface area contributed by atoms with Gasteiger partial charge in [-0.05, 0) is 11.4 Å². The fraction of sp³-hybridized carbons (Fsp3) is 0.111. The number of aryl methyl sites for hydroxylation is 1. The second kappa shape index (κ2) is 3.14.